The first-order chi connectivity index (χ1) is 9.52. The summed E-state index contributed by atoms with van der Waals surface area (Å²) < 4.78 is 0. The van der Waals surface area contributed by atoms with Gasteiger partial charge in [0, 0.05) is 19.6 Å². The van der Waals surface area contributed by atoms with Gasteiger partial charge in [0.25, 0.3) is 5.91 Å². The number of rotatable bonds is 4. The molecular formula is C15H22ClN3O. The topological polar surface area (TPSA) is 45.2 Å². The van der Waals surface area contributed by atoms with Gasteiger partial charge in [0.05, 0.1) is 5.02 Å². The highest BCUT2D eigenvalue weighted by Crippen LogP contribution is 2.26. The maximum Gasteiger partial charge on any atom is 0.274 e. The highest BCUT2D eigenvalue weighted by Gasteiger charge is 2.31. The molecule has 110 valence electrons. The first kappa shape index (κ1) is 15.1. The van der Waals surface area contributed by atoms with Crippen LogP contribution in [0.25, 0.3) is 0 Å². The van der Waals surface area contributed by atoms with E-state index in [0.29, 0.717) is 28.4 Å². The van der Waals surface area contributed by atoms with Crippen LogP contribution in [0.4, 0.5) is 5.82 Å². The lowest BCUT2D eigenvalue weighted by molar-refractivity contribution is 0.0779. The number of carbonyl (C=O) groups is 1. The summed E-state index contributed by atoms with van der Waals surface area (Å²) in [6.45, 7) is 8.83. The van der Waals surface area contributed by atoms with Crippen LogP contribution in [-0.2, 0) is 0 Å². The molecule has 2 heterocycles. The number of amides is 1. The molecule has 0 saturated carbocycles. The third-order valence-electron chi connectivity index (χ3n) is 3.88. The predicted octanol–water partition coefficient (Wildman–Crippen LogP) is 3.28. The zero-order valence-electron chi connectivity index (χ0n) is 12.3. The number of pyridine rings is 1. The van der Waals surface area contributed by atoms with E-state index >= 15 is 0 Å². The number of halogens is 1. The molecule has 1 aliphatic rings. The van der Waals surface area contributed by atoms with Gasteiger partial charge in [-0.2, -0.15) is 0 Å². The van der Waals surface area contributed by atoms with Crippen LogP contribution >= 0.6 is 11.6 Å². The Hall–Kier alpha value is -1.29. The van der Waals surface area contributed by atoms with Gasteiger partial charge >= 0.3 is 0 Å². The van der Waals surface area contributed by atoms with Crippen molar-refractivity contribution in [3.63, 3.8) is 0 Å². The van der Waals surface area contributed by atoms with E-state index in [4.69, 9.17) is 11.6 Å². The Kier molecular flexibility index (Phi) is 4.86. The number of hydrogen-bond acceptors (Lipinski definition) is 3. The second-order valence-corrected chi connectivity index (χ2v) is 6.03. The zero-order valence-corrected chi connectivity index (χ0v) is 13.1. The molecule has 4 nitrogen and oxygen atoms in total. The molecule has 0 spiro atoms. The number of nitrogens with zero attached hydrogens (tertiary/aromatic N) is 2. The van der Waals surface area contributed by atoms with Crippen molar-refractivity contribution < 1.29 is 4.79 Å². The normalized spacial score (nSPS) is 22.1. The van der Waals surface area contributed by atoms with Gasteiger partial charge in [-0.3, -0.25) is 4.79 Å². The fourth-order valence-electron chi connectivity index (χ4n) is 2.39. The lowest BCUT2D eigenvalue weighted by Gasteiger charge is -2.17. The van der Waals surface area contributed by atoms with Crippen molar-refractivity contribution in [1.29, 1.82) is 0 Å². The van der Waals surface area contributed by atoms with Crippen LogP contribution in [0.3, 0.4) is 0 Å². The predicted molar refractivity (Wildman–Crippen MR) is 82.3 cm³/mol. The van der Waals surface area contributed by atoms with E-state index in [-0.39, 0.29) is 5.91 Å². The van der Waals surface area contributed by atoms with Crippen LogP contribution in [0.1, 0.15) is 37.7 Å². The molecule has 2 atom stereocenters. The minimum absolute atomic E-state index is 0.0636. The van der Waals surface area contributed by atoms with E-state index in [9.17, 15) is 4.79 Å². The SMILES string of the molecule is CCCNc1ccc(Cl)c(C(=O)N2CC(C)C(C)C2)n1. The van der Waals surface area contributed by atoms with Gasteiger partial charge in [-0.1, -0.05) is 32.4 Å². The fraction of sp³-hybridized carbons (Fsp3) is 0.600. The Balaban J connectivity index is 2.16. The summed E-state index contributed by atoms with van der Waals surface area (Å²) in [5.41, 5.74) is 0.356. The maximum atomic E-state index is 12.5. The number of aromatic nitrogens is 1. The van der Waals surface area contributed by atoms with Crippen molar-refractivity contribution in [2.24, 2.45) is 11.8 Å². The summed E-state index contributed by atoms with van der Waals surface area (Å²) in [6.07, 6.45) is 1.01. The van der Waals surface area contributed by atoms with Gasteiger partial charge in [0.15, 0.2) is 0 Å². The van der Waals surface area contributed by atoms with Gasteiger partial charge in [-0.25, -0.2) is 4.98 Å². The molecule has 20 heavy (non-hydrogen) atoms. The lowest BCUT2D eigenvalue weighted by Crippen LogP contribution is -2.30. The summed E-state index contributed by atoms with van der Waals surface area (Å²) in [5.74, 6) is 1.70. The lowest BCUT2D eigenvalue weighted by atomic mass is 10.0. The maximum absolute atomic E-state index is 12.5. The third kappa shape index (κ3) is 3.23. The number of carbonyl (C=O) groups excluding carboxylic acids is 1. The van der Waals surface area contributed by atoms with Gasteiger partial charge in [0.1, 0.15) is 11.5 Å². The van der Waals surface area contributed by atoms with Gasteiger partial charge in [-0.05, 0) is 30.4 Å². The molecule has 0 bridgehead atoms. The number of nitrogens with one attached hydrogen (secondary N) is 1. The largest absolute Gasteiger partial charge is 0.370 e. The fourth-order valence-corrected chi connectivity index (χ4v) is 2.58. The molecule has 1 saturated heterocycles. The molecule has 1 aromatic heterocycles. The van der Waals surface area contributed by atoms with Crippen LogP contribution in [0.15, 0.2) is 12.1 Å². The summed E-state index contributed by atoms with van der Waals surface area (Å²) in [4.78, 5) is 18.8. The Bertz CT molecular complexity index is 482. The Morgan fingerprint density at radius 1 is 1.40 bits per heavy atom. The summed E-state index contributed by atoms with van der Waals surface area (Å²) >= 11 is 6.14. The van der Waals surface area contributed by atoms with E-state index in [2.05, 4.69) is 31.1 Å². The quantitative estimate of drug-likeness (QED) is 0.927. The van der Waals surface area contributed by atoms with Crippen molar-refractivity contribution in [3.05, 3.63) is 22.8 Å². The van der Waals surface area contributed by atoms with Crippen LogP contribution in [-0.4, -0.2) is 35.4 Å². The average molecular weight is 296 g/mol. The molecule has 0 aromatic carbocycles. The number of hydrogen-bond donors (Lipinski definition) is 1. The van der Waals surface area contributed by atoms with E-state index < -0.39 is 0 Å². The van der Waals surface area contributed by atoms with E-state index in [0.717, 1.165) is 26.1 Å². The second-order valence-electron chi connectivity index (χ2n) is 5.62. The van der Waals surface area contributed by atoms with Crippen molar-refractivity contribution in [3.8, 4) is 0 Å². The first-order valence-corrected chi connectivity index (χ1v) is 7.60. The number of likely N-dealkylation sites (tertiary alicyclic amines) is 1. The Morgan fingerprint density at radius 2 is 2.05 bits per heavy atom. The summed E-state index contributed by atoms with van der Waals surface area (Å²) in [5, 5.41) is 3.61. The second kappa shape index (κ2) is 6.44. The molecular weight excluding hydrogens is 274 g/mol. The number of anilines is 1. The van der Waals surface area contributed by atoms with Crippen molar-refractivity contribution in [2.75, 3.05) is 25.0 Å². The molecule has 1 fully saturated rings. The average Bonchev–Trinajstić information content (AvgIpc) is 2.77. The van der Waals surface area contributed by atoms with Crippen LogP contribution in [0, 0.1) is 11.8 Å². The minimum Gasteiger partial charge on any atom is -0.370 e. The standard InChI is InChI=1S/C15H22ClN3O/c1-4-7-17-13-6-5-12(16)14(18-13)15(20)19-8-10(2)11(3)9-19/h5-6,10-11H,4,7-9H2,1-3H3,(H,17,18). The van der Waals surface area contributed by atoms with E-state index in [1.165, 1.54) is 0 Å². The van der Waals surface area contributed by atoms with Crippen molar-refractivity contribution >= 4 is 23.3 Å². The van der Waals surface area contributed by atoms with Crippen LogP contribution < -0.4 is 5.32 Å². The molecule has 2 rings (SSSR count). The van der Waals surface area contributed by atoms with Gasteiger partial charge in [0.2, 0.25) is 0 Å². The summed E-state index contributed by atoms with van der Waals surface area (Å²) in [6, 6.07) is 3.55. The van der Waals surface area contributed by atoms with Crippen molar-refractivity contribution in [2.45, 2.75) is 27.2 Å². The first-order valence-electron chi connectivity index (χ1n) is 7.22. The summed E-state index contributed by atoms with van der Waals surface area (Å²) in [7, 11) is 0. The molecule has 1 aromatic rings. The zero-order chi connectivity index (χ0) is 14.7. The third-order valence-corrected chi connectivity index (χ3v) is 4.19. The van der Waals surface area contributed by atoms with Gasteiger partial charge in [-0.15, -0.1) is 0 Å². The van der Waals surface area contributed by atoms with Gasteiger partial charge < -0.3 is 10.2 Å². The molecule has 5 heteroatoms. The van der Waals surface area contributed by atoms with Crippen molar-refractivity contribution in [1.82, 2.24) is 9.88 Å². The molecule has 0 aliphatic carbocycles. The van der Waals surface area contributed by atoms with Crippen LogP contribution in [0.5, 0.6) is 0 Å². The molecule has 1 amide bonds. The smallest absolute Gasteiger partial charge is 0.274 e. The Morgan fingerprint density at radius 3 is 2.65 bits per heavy atom. The molecule has 0 radical (unpaired) electrons. The highest BCUT2D eigenvalue weighted by molar-refractivity contribution is 6.33. The monoisotopic (exact) mass is 295 g/mol. The van der Waals surface area contributed by atoms with E-state index in [1.807, 2.05) is 11.0 Å². The Labute approximate surface area is 125 Å². The molecule has 1 aliphatic heterocycles. The molecule has 1 N–H and O–H groups in total. The highest BCUT2D eigenvalue weighted by atomic mass is 35.5. The van der Waals surface area contributed by atoms with Crippen LogP contribution in [0.2, 0.25) is 5.02 Å². The minimum atomic E-state index is -0.0636. The molecule has 2 unspecified atom stereocenters. The van der Waals surface area contributed by atoms with E-state index in [1.54, 1.807) is 6.07 Å².